The van der Waals surface area contributed by atoms with E-state index in [4.69, 9.17) is 11.6 Å². The third kappa shape index (κ3) is 2.41. The SMILES string of the molecule is CN1C[C@@H](CCl)c2c1cc(NC(=O)CN=O)c1ccccc21. The number of fused-ring (bicyclic) bond motifs is 3. The molecule has 6 heteroatoms. The fourth-order valence-corrected chi connectivity index (χ4v) is 3.38. The zero-order chi connectivity index (χ0) is 15.7. The topological polar surface area (TPSA) is 61.8 Å². The number of rotatable bonds is 4. The van der Waals surface area contributed by atoms with Crippen molar-refractivity contribution in [1.82, 2.24) is 0 Å². The van der Waals surface area contributed by atoms with E-state index >= 15 is 0 Å². The molecule has 0 fully saturated rings. The van der Waals surface area contributed by atoms with Crippen molar-refractivity contribution in [3.05, 3.63) is 40.8 Å². The van der Waals surface area contributed by atoms with Crippen LogP contribution in [0.25, 0.3) is 10.8 Å². The number of hydrogen-bond donors (Lipinski definition) is 1. The van der Waals surface area contributed by atoms with E-state index < -0.39 is 5.91 Å². The van der Waals surface area contributed by atoms with Crippen molar-refractivity contribution in [2.75, 3.05) is 36.2 Å². The lowest BCUT2D eigenvalue weighted by Crippen LogP contribution is -2.16. The average Bonchev–Trinajstić information content (AvgIpc) is 2.84. The van der Waals surface area contributed by atoms with Crippen molar-refractivity contribution in [3.63, 3.8) is 0 Å². The third-order valence-corrected chi connectivity index (χ3v) is 4.42. The molecule has 2 aromatic rings. The highest BCUT2D eigenvalue weighted by atomic mass is 35.5. The van der Waals surface area contributed by atoms with Crippen LogP contribution in [-0.2, 0) is 4.79 Å². The van der Waals surface area contributed by atoms with Crippen LogP contribution in [0.3, 0.4) is 0 Å². The van der Waals surface area contributed by atoms with E-state index in [1.54, 1.807) is 0 Å². The Kier molecular flexibility index (Phi) is 3.98. The van der Waals surface area contributed by atoms with Crippen LogP contribution in [0.15, 0.2) is 35.5 Å². The van der Waals surface area contributed by atoms with E-state index in [0.717, 1.165) is 23.0 Å². The number of alkyl halides is 1. The van der Waals surface area contributed by atoms with E-state index in [9.17, 15) is 9.70 Å². The number of amides is 1. The van der Waals surface area contributed by atoms with Gasteiger partial charge in [0, 0.05) is 36.5 Å². The van der Waals surface area contributed by atoms with Crippen LogP contribution >= 0.6 is 11.6 Å². The van der Waals surface area contributed by atoms with Crippen LogP contribution in [0.2, 0.25) is 0 Å². The Balaban J connectivity index is 2.17. The van der Waals surface area contributed by atoms with Crippen molar-refractivity contribution in [3.8, 4) is 0 Å². The second-order valence-electron chi connectivity index (χ2n) is 5.47. The van der Waals surface area contributed by atoms with E-state index in [1.165, 1.54) is 5.56 Å². The summed E-state index contributed by atoms with van der Waals surface area (Å²) in [6.07, 6.45) is 0. The molecule has 5 nitrogen and oxygen atoms in total. The Bertz CT molecular complexity index is 747. The molecule has 0 aliphatic carbocycles. The first-order chi connectivity index (χ1) is 10.7. The largest absolute Gasteiger partial charge is 0.374 e. The predicted molar refractivity (Wildman–Crippen MR) is 90.0 cm³/mol. The number of hydrogen-bond acceptors (Lipinski definition) is 4. The van der Waals surface area contributed by atoms with Crippen LogP contribution in [0.4, 0.5) is 11.4 Å². The summed E-state index contributed by atoms with van der Waals surface area (Å²) in [6.45, 7) is 0.474. The number of benzene rings is 2. The Morgan fingerprint density at radius 3 is 2.82 bits per heavy atom. The van der Waals surface area contributed by atoms with Gasteiger partial charge in [0.1, 0.15) is 0 Å². The molecule has 0 bridgehead atoms. The summed E-state index contributed by atoms with van der Waals surface area (Å²) in [5.74, 6) is 0.421. The monoisotopic (exact) mass is 317 g/mol. The minimum absolute atomic E-state index is 0.271. The summed E-state index contributed by atoms with van der Waals surface area (Å²) in [5.41, 5.74) is 2.99. The van der Waals surface area contributed by atoms with Gasteiger partial charge < -0.3 is 10.2 Å². The molecule has 114 valence electrons. The summed E-state index contributed by atoms with van der Waals surface area (Å²) in [5, 5.41) is 7.45. The van der Waals surface area contributed by atoms with Gasteiger partial charge in [-0.2, -0.15) is 4.91 Å². The lowest BCUT2D eigenvalue weighted by molar-refractivity contribution is -0.114. The zero-order valence-corrected chi connectivity index (χ0v) is 12.9. The number of nitroso groups, excluding NO2 is 1. The second-order valence-corrected chi connectivity index (χ2v) is 5.78. The molecule has 3 rings (SSSR count). The number of carbonyl (C=O) groups excluding carboxylic acids is 1. The molecular formula is C16H16ClN3O2. The van der Waals surface area contributed by atoms with Crippen molar-refractivity contribution < 1.29 is 4.79 Å². The molecular weight excluding hydrogens is 302 g/mol. The number of halogens is 1. The molecule has 1 atom stereocenters. The summed E-state index contributed by atoms with van der Waals surface area (Å²) in [6, 6.07) is 9.86. The van der Waals surface area contributed by atoms with Crippen molar-refractivity contribution in [1.29, 1.82) is 0 Å². The van der Waals surface area contributed by atoms with Crippen LogP contribution in [0.1, 0.15) is 11.5 Å². The molecule has 0 aromatic heterocycles. The van der Waals surface area contributed by atoms with Gasteiger partial charge in [-0.25, -0.2) is 0 Å². The van der Waals surface area contributed by atoms with E-state index in [-0.39, 0.29) is 12.5 Å². The van der Waals surface area contributed by atoms with Gasteiger partial charge in [-0.1, -0.05) is 29.4 Å². The molecule has 1 aliphatic heterocycles. The van der Waals surface area contributed by atoms with Gasteiger partial charge in [0.15, 0.2) is 6.54 Å². The lowest BCUT2D eigenvalue weighted by Gasteiger charge is -2.16. The van der Waals surface area contributed by atoms with Crippen molar-refractivity contribution in [2.45, 2.75) is 5.92 Å². The smallest absolute Gasteiger partial charge is 0.249 e. The molecule has 1 N–H and O–H groups in total. The van der Waals surface area contributed by atoms with Crippen LogP contribution in [-0.4, -0.2) is 31.9 Å². The maximum Gasteiger partial charge on any atom is 0.249 e. The number of anilines is 2. The first-order valence-electron chi connectivity index (χ1n) is 7.07. The van der Waals surface area contributed by atoms with E-state index in [2.05, 4.69) is 15.4 Å². The van der Waals surface area contributed by atoms with Gasteiger partial charge in [-0.15, -0.1) is 11.6 Å². The maximum atomic E-state index is 11.7. The Morgan fingerprint density at radius 2 is 2.14 bits per heavy atom. The highest BCUT2D eigenvalue weighted by Crippen LogP contribution is 2.43. The molecule has 1 heterocycles. The molecule has 0 saturated heterocycles. The molecule has 2 aromatic carbocycles. The van der Waals surface area contributed by atoms with E-state index in [1.807, 2.05) is 37.4 Å². The summed E-state index contributed by atoms with van der Waals surface area (Å²) < 4.78 is 0. The van der Waals surface area contributed by atoms with Crippen LogP contribution < -0.4 is 10.2 Å². The minimum Gasteiger partial charge on any atom is -0.374 e. The lowest BCUT2D eigenvalue weighted by atomic mass is 9.95. The average molecular weight is 318 g/mol. The van der Waals surface area contributed by atoms with Gasteiger partial charge >= 0.3 is 0 Å². The van der Waals surface area contributed by atoms with Crippen LogP contribution in [0, 0.1) is 4.91 Å². The highest BCUT2D eigenvalue weighted by molar-refractivity contribution is 6.19. The number of nitrogens with zero attached hydrogens (tertiary/aromatic N) is 2. The van der Waals surface area contributed by atoms with Crippen molar-refractivity contribution >= 4 is 39.7 Å². The second kappa shape index (κ2) is 5.93. The molecule has 1 aliphatic rings. The van der Waals surface area contributed by atoms with E-state index in [0.29, 0.717) is 11.6 Å². The first kappa shape index (κ1) is 14.8. The summed E-state index contributed by atoms with van der Waals surface area (Å²) in [4.78, 5) is 24.1. The summed E-state index contributed by atoms with van der Waals surface area (Å²) >= 11 is 6.12. The van der Waals surface area contributed by atoms with Gasteiger partial charge in [0.25, 0.3) is 0 Å². The molecule has 0 saturated carbocycles. The quantitative estimate of drug-likeness (QED) is 0.695. The standard InChI is InChI=1S/C16H16ClN3O2/c1-20-9-10(7-17)16-12-5-3-2-4-11(12)13(6-14(16)20)19-15(21)8-18-22/h2-6,10H,7-9H2,1H3,(H,19,21)/t10-/m1/s1. The van der Waals surface area contributed by atoms with Gasteiger partial charge in [0.2, 0.25) is 5.91 Å². The Labute approximate surface area is 133 Å². The maximum absolute atomic E-state index is 11.7. The molecule has 0 unspecified atom stereocenters. The zero-order valence-electron chi connectivity index (χ0n) is 12.2. The molecule has 1 amide bonds. The summed E-state index contributed by atoms with van der Waals surface area (Å²) in [7, 11) is 2.01. The Morgan fingerprint density at radius 1 is 1.41 bits per heavy atom. The van der Waals surface area contributed by atoms with Crippen molar-refractivity contribution in [2.24, 2.45) is 5.18 Å². The number of likely N-dealkylation sites (N-methyl/N-ethyl adjacent to an activating group) is 1. The molecule has 22 heavy (non-hydrogen) atoms. The van der Waals surface area contributed by atoms with Crippen LogP contribution in [0.5, 0.6) is 0 Å². The van der Waals surface area contributed by atoms with Gasteiger partial charge in [0.05, 0.1) is 5.69 Å². The number of carbonyl (C=O) groups is 1. The number of nitrogens with one attached hydrogen (secondary N) is 1. The van der Waals surface area contributed by atoms with Gasteiger partial charge in [-0.05, 0) is 17.0 Å². The highest BCUT2D eigenvalue weighted by Gasteiger charge is 2.29. The predicted octanol–water partition coefficient (Wildman–Crippen LogP) is 3.32. The minimum atomic E-state index is -0.408. The normalized spacial score (nSPS) is 16.6. The molecule has 0 radical (unpaired) electrons. The first-order valence-corrected chi connectivity index (χ1v) is 7.61. The van der Waals surface area contributed by atoms with Gasteiger partial charge in [-0.3, -0.25) is 4.79 Å². The molecule has 0 spiro atoms. The fraction of sp³-hybridized carbons (Fsp3) is 0.312. The Hall–Kier alpha value is -2.14. The fourth-order valence-electron chi connectivity index (χ4n) is 3.13. The third-order valence-electron chi connectivity index (χ3n) is 4.05.